The molecule has 3 aromatic carbocycles. The van der Waals surface area contributed by atoms with Crippen LogP contribution in [-0.4, -0.2) is 13.4 Å². The average Bonchev–Trinajstić information content (AvgIpc) is 3.24. The molecule has 4 aromatic rings. The quantitative estimate of drug-likeness (QED) is 0.395. The van der Waals surface area contributed by atoms with Gasteiger partial charge >= 0.3 is 0 Å². The molecule has 1 aromatic heterocycles. The third-order valence-electron chi connectivity index (χ3n) is 4.46. The molecular weight excluding hydrogens is 412 g/mol. The van der Waals surface area contributed by atoms with Crippen LogP contribution in [0.3, 0.4) is 0 Å². The van der Waals surface area contributed by atoms with Crippen LogP contribution < -0.4 is 4.72 Å². The monoisotopic (exact) mass is 432 g/mol. The first-order chi connectivity index (χ1) is 14.5. The third-order valence-corrected chi connectivity index (χ3v) is 6.37. The van der Waals surface area contributed by atoms with Gasteiger partial charge in [-0.3, -0.25) is 4.72 Å². The maximum absolute atomic E-state index is 12.5. The highest BCUT2D eigenvalue weighted by Crippen LogP contribution is 2.30. The van der Waals surface area contributed by atoms with Gasteiger partial charge in [-0.1, -0.05) is 72.3 Å². The van der Waals surface area contributed by atoms with Crippen LogP contribution in [-0.2, 0) is 10.0 Å². The van der Waals surface area contributed by atoms with E-state index in [1.807, 2.05) is 79.0 Å². The molecule has 0 amide bonds. The van der Waals surface area contributed by atoms with E-state index >= 15 is 0 Å². The molecule has 1 N–H and O–H groups in total. The van der Waals surface area contributed by atoms with Gasteiger partial charge in [0.15, 0.2) is 0 Å². The second-order valence-electron chi connectivity index (χ2n) is 6.85. The van der Waals surface area contributed by atoms with E-state index in [-0.39, 0.29) is 0 Å². The number of nitrogens with zero attached hydrogens (tertiary/aromatic N) is 1. The molecule has 4 rings (SSSR count). The summed E-state index contributed by atoms with van der Waals surface area (Å²) in [6.07, 6.45) is 1.58. The van der Waals surface area contributed by atoms with E-state index in [1.165, 1.54) is 5.41 Å². The van der Waals surface area contributed by atoms with Gasteiger partial charge in [-0.05, 0) is 30.7 Å². The molecule has 30 heavy (non-hydrogen) atoms. The van der Waals surface area contributed by atoms with Gasteiger partial charge in [-0.25, -0.2) is 13.4 Å². The minimum absolute atomic E-state index is 0.496. The van der Waals surface area contributed by atoms with Gasteiger partial charge in [0.2, 0.25) is 0 Å². The van der Waals surface area contributed by atoms with Gasteiger partial charge in [-0.2, -0.15) is 0 Å². The average molecular weight is 433 g/mol. The van der Waals surface area contributed by atoms with Gasteiger partial charge in [0, 0.05) is 22.2 Å². The van der Waals surface area contributed by atoms with Gasteiger partial charge in [0.25, 0.3) is 10.0 Å². The lowest BCUT2D eigenvalue weighted by Crippen LogP contribution is -2.08. The number of hydrogen-bond acceptors (Lipinski definition) is 4. The van der Waals surface area contributed by atoms with E-state index in [1.54, 1.807) is 29.5 Å². The van der Waals surface area contributed by atoms with Gasteiger partial charge in [0.05, 0.1) is 11.1 Å². The van der Waals surface area contributed by atoms with E-state index in [0.29, 0.717) is 5.69 Å². The number of sulfonamides is 1. The number of aromatic nitrogens is 1. The molecule has 0 saturated carbocycles. The number of nitrogens with one attached hydrogen (secondary N) is 1. The van der Waals surface area contributed by atoms with Crippen LogP contribution in [0.15, 0.2) is 89.7 Å². The second-order valence-corrected chi connectivity index (χ2v) is 9.27. The fourth-order valence-corrected chi connectivity index (χ4v) is 4.60. The van der Waals surface area contributed by atoms with Gasteiger partial charge < -0.3 is 0 Å². The Morgan fingerprint density at radius 2 is 1.63 bits per heavy atom. The van der Waals surface area contributed by atoms with Crippen molar-refractivity contribution < 1.29 is 8.42 Å². The van der Waals surface area contributed by atoms with Crippen molar-refractivity contribution in [2.45, 2.75) is 6.92 Å². The lowest BCUT2D eigenvalue weighted by atomic mass is 10.1. The molecule has 0 aliphatic carbocycles. The Morgan fingerprint density at radius 3 is 2.40 bits per heavy atom. The van der Waals surface area contributed by atoms with Crippen LogP contribution in [0.1, 0.15) is 11.1 Å². The number of anilines is 1. The Kier molecular flexibility index (Phi) is 5.79. The second kappa shape index (κ2) is 8.65. The van der Waals surface area contributed by atoms with Crippen molar-refractivity contribution in [2.24, 2.45) is 0 Å². The molecule has 150 valence electrons. The van der Waals surface area contributed by atoms with Crippen molar-refractivity contribution in [2.75, 3.05) is 4.72 Å². The summed E-state index contributed by atoms with van der Waals surface area (Å²) in [5, 5.41) is 4.09. The molecule has 0 aliphatic rings. The minimum Gasteiger partial charge on any atom is -0.280 e. The third kappa shape index (κ3) is 5.03. The predicted molar refractivity (Wildman–Crippen MR) is 126 cm³/mol. The lowest BCUT2D eigenvalue weighted by Gasteiger charge is -2.06. The van der Waals surface area contributed by atoms with Crippen molar-refractivity contribution in [3.05, 3.63) is 101 Å². The molecule has 0 unspecified atom stereocenters. The predicted octanol–water partition coefficient (Wildman–Crippen LogP) is 6.20. The maximum atomic E-state index is 12.5. The highest BCUT2D eigenvalue weighted by atomic mass is 32.2. The van der Waals surface area contributed by atoms with E-state index in [2.05, 4.69) is 4.72 Å². The molecule has 1 heterocycles. The maximum Gasteiger partial charge on any atom is 0.255 e. The first-order valence-corrected chi connectivity index (χ1v) is 11.8. The highest BCUT2D eigenvalue weighted by molar-refractivity contribution is 7.95. The Balaban J connectivity index is 1.52. The summed E-state index contributed by atoms with van der Waals surface area (Å²) in [5.41, 5.74) is 5.19. The Bertz CT molecular complexity index is 1280. The first kappa shape index (κ1) is 20.1. The van der Waals surface area contributed by atoms with Crippen LogP contribution in [0.25, 0.3) is 27.9 Å². The summed E-state index contributed by atoms with van der Waals surface area (Å²) in [4.78, 5) is 4.70. The standard InChI is InChI=1S/C24H20N2O2S2/c1-18-10-12-19(13-11-18)14-15-30(27,28)26-22-9-5-8-21(16-22)23-17-29-24(25-23)20-6-3-2-4-7-20/h2-17,26H,1H3/b15-14+. The van der Waals surface area contributed by atoms with Crippen molar-refractivity contribution in [1.82, 2.24) is 4.98 Å². The summed E-state index contributed by atoms with van der Waals surface area (Å²) in [7, 11) is -3.63. The SMILES string of the molecule is Cc1ccc(/C=C/S(=O)(=O)Nc2cccc(-c3csc(-c4ccccc4)n3)c2)cc1. The largest absolute Gasteiger partial charge is 0.280 e. The highest BCUT2D eigenvalue weighted by Gasteiger charge is 2.10. The lowest BCUT2D eigenvalue weighted by molar-refractivity contribution is 0.609. The van der Waals surface area contributed by atoms with E-state index in [0.717, 1.165) is 33.0 Å². The van der Waals surface area contributed by atoms with Gasteiger partial charge in [-0.15, -0.1) is 11.3 Å². The number of thiazole rings is 1. The molecule has 0 aliphatic heterocycles. The van der Waals surface area contributed by atoms with Gasteiger partial charge in [0.1, 0.15) is 5.01 Å². The van der Waals surface area contributed by atoms with Crippen LogP contribution in [0.4, 0.5) is 5.69 Å². The zero-order valence-corrected chi connectivity index (χ0v) is 18.0. The summed E-state index contributed by atoms with van der Waals surface area (Å²) < 4.78 is 27.5. The Labute approximate surface area is 180 Å². The molecule has 0 bridgehead atoms. The Morgan fingerprint density at radius 1 is 0.900 bits per heavy atom. The first-order valence-electron chi connectivity index (χ1n) is 9.37. The number of aryl methyl sites for hydroxylation is 1. The van der Waals surface area contributed by atoms with Crippen LogP contribution in [0.2, 0.25) is 0 Å². The van der Waals surface area contributed by atoms with E-state index < -0.39 is 10.0 Å². The summed E-state index contributed by atoms with van der Waals surface area (Å²) in [5.74, 6) is 0. The van der Waals surface area contributed by atoms with Crippen molar-refractivity contribution >= 4 is 33.1 Å². The smallest absolute Gasteiger partial charge is 0.255 e. The normalized spacial score (nSPS) is 11.6. The number of hydrogen-bond donors (Lipinski definition) is 1. The molecule has 6 heteroatoms. The summed E-state index contributed by atoms with van der Waals surface area (Å²) >= 11 is 1.56. The fraction of sp³-hybridized carbons (Fsp3) is 0.0417. The van der Waals surface area contributed by atoms with E-state index in [4.69, 9.17) is 4.98 Å². The minimum atomic E-state index is -3.63. The molecule has 0 spiro atoms. The molecule has 0 radical (unpaired) electrons. The van der Waals surface area contributed by atoms with E-state index in [9.17, 15) is 8.42 Å². The van der Waals surface area contributed by atoms with Crippen LogP contribution >= 0.6 is 11.3 Å². The zero-order chi connectivity index (χ0) is 21.0. The zero-order valence-electron chi connectivity index (χ0n) is 16.3. The topological polar surface area (TPSA) is 59.1 Å². The molecule has 0 fully saturated rings. The molecular formula is C24H20N2O2S2. The van der Waals surface area contributed by atoms with Crippen LogP contribution in [0, 0.1) is 6.92 Å². The van der Waals surface area contributed by atoms with Crippen molar-refractivity contribution in [3.63, 3.8) is 0 Å². The summed E-state index contributed by atoms with van der Waals surface area (Å²) in [6, 6.07) is 24.9. The molecule has 0 atom stereocenters. The van der Waals surface area contributed by atoms with Crippen molar-refractivity contribution in [1.29, 1.82) is 0 Å². The molecule has 0 saturated heterocycles. The van der Waals surface area contributed by atoms with Crippen LogP contribution in [0.5, 0.6) is 0 Å². The fourth-order valence-electron chi connectivity index (χ4n) is 2.91. The Hall–Kier alpha value is -3.22. The number of rotatable bonds is 6. The molecule has 4 nitrogen and oxygen atoms in total. The van der Waals surface area contributed by atoms with Crippen molar-refractivity contribution in [3.8, 4) is 21.8 Å². The summed E-state index contributed by atoms with van der Waals surface area (Å²) in [6.45, 7) is 1.99. The number of benzene rings is 3.